The maximum Gasteiger partial charge on any atom is 0.299 e. The summed E-state index contributed by atoms with van der Waals surface area (Å²) in [5.74, 6) is -0.888. The van der Waals surface area contributed by atoms with E-state index in [1.165, 1.54) is 4.90 Å². The number of carbonyl (C=O) groups excluding carboxylic acids is 2. The zero-order valence-corrected chi connectivity index (χ0v) is 12.4. The molecule has 0 unspecified atom stereocenters. The number of hydrogen-bond acceptors (Lipinski definition) is 3. The molecule has 0 atom stereocenters. The van der Waals surface area contributed by atoms with Crippen molar-refractivity contribution in [3.63, 3.8) is 0 Å². The molecule has 3 rings (SSSR count). The molecule has 0 saturated carbocycles. The van der Waals surface area contributed by atoms with Crippen LogP contribution < -0.4 is 4.90 Å². The van der Waals surface area contributed by atoms with Gasteiger partial charge in [0, 0.05) is 24.3 Å². The molecule has 0 N–H and O–H groups in total. The van der Waals surface area contributed by atoms with Crippen LogP contribution in [0.15, 0.2) is 35.1 Å². The van der Waals surface area contributed by atoms with Gasteiger partial charge in [-0.15, -0.1) is 0 Å². The van der Waals surface area contributed by atoms with Crippen molar-refractivity contribution in [3.8, 4) is 0 Å². The fraction of sp³-hybridized carbons (Fsp3) is 0.214. The Morgan fingerprint density at radius 2 is 2.10 bits per heavy atom. The number of amides is 1. The number of halogens is 1. The molecule has 20 heavy (non-hydrogen) atoms. The van der Waals surface area contributed by atoms with Gasteiger partial charge >= 0.3 is 0 Å². The first-order valence-electron chi connectivity index (χ1n) is 6.19. The quantitative estimate of drug-likeness (QED) is 0.807. The normalized spacial score (nSPS) is 14.0. The SMILES string of the molecule is Cn1cc(CCN2C(=O)C(=O)c3ccc(Br)cc32)cn1. The molecule has 0 spiro atoms. The Hall–Kier alpha value is -1.95. The summed E-state index contributed by atoms with van der Waals surface area (Å²) in [5, 5.41) is 4.09. The van der Waals surface area contributed by atoms with Crippen LogP contribution in [-0.2, 0) is 18.3 Å². The average Bonchev–Trinajstić information content (AvgIpc) is 2.92. The molecule has 0 saturated heterocycles. The number of rotatable bonds is 3. The molecule has 5 nitrogen and oxygen atoms in total. The first-order valence-corrected chi connectivity index (χ1v) is 6.99. The van der Waals surface area contributed by atoms with E-state index in [9.17, 15) is 9.59 Å². The molecule has 1 aromatic heterocycles. The number of nitrogens with zero attached hydrogens (tertiary/aromatic N) is 3. The fourth-order valence-electron chi connectivity index (χ4n) is 2.33. The maximum absolute atomic E-state index is 12.0. The van der Waals surface area contributed by atoms with Crippen molar-refractivity contribution in [3.05, 3.63) is 46.2 Å². The van der Waals surface area contributed by atoms with Gasteiger partial charge in [-0.05, 0) is 30.2 Å². The van der Waals surface area contributed by atoms with Crippen molar-refractivity contribution in [2.45, 2.75) is 6.42 Å². The Kier molecular flexibility index (Phi) is 3.17. The lowest BCUT2D eigenvalue weighted by Gasteiger charge is -2.16. The van der Waals surface area contributed by atoms with Crippen LogP contribution in [0, 0.1) is 0 Å². The monoisotopic (exact) mass is 333 g/mol. The zero-order valence-electron chi connectivity index (χ0n) is 10.8. The number of aryl methyl sites for hydroxylation is 1. The van der Waals surface area contributed by atoms with E-state index >= 15 is 0 Å². The lowest BCUT2D eigenvalue weighted by atomic mass is 10.1. The van der Waals surface area contributed by atoms with E-state index < -0.39 is 11.7 Å². The maximum atomic E-state index is 12.0. The first kappa shape index (κ1) is 13.1. The van der Waals surface area contributed by atoms with Crippen molar-refractivity contribution in [1.82, 2.24) is 9.78 Å². The lowest BCUT2D eigenvalue weighted by molar-refractivity contribution is -0.114. The highest BCUT2D eigenvalue weighted by atomic mass is 79.9. The van der Waals surface area contributed by atoms with Gasteiger partial charge in [-0.25, -0.2) is 0 Å². The van der Waals surface area contributed by atoms with E-state index in [2.05, 4.69) is 21.0 Å². The van der Waals surface area contributed by atoms with Crippen molar-refractivity contribution in [2.75, 3.05) is 11.4 Å². The average molecular weight is 334 g/mol. The second kappa shape index (κ2) is 4.86. The second-order valence-corrected chi connectivity index (χ2v) is 5.64. The largest absolute Gasteiger partial charge is 0.304 e. The number of ketones is 1. The van der Waals surface area contributed by atoms with E-state index in [-0.39, 0.29) is 0 Å². The van der Waals surface area contributed by atoms with E-state index in [1.54, 1.807) is 29.1 Å². The summed E-state index contributed by atoms with van der Waals surface area (Å²) in [6, 6.07) is 5.26. The van der Waals surface area contributed by atoms with E-state index in [0.29, 0.717) is 24.2 Å². The Labute approximate surface area is 124 Å². The predicted octanol–water partition coefficient (Wildman–Crippen LogP) is 1.95. The summed E-state index contributed by atoms with van der Waals surface area (Å²) < 4.78 is 2.57. The minimum Gasteiger partial charge on any atom is -0.304 e. The van der Waals surface area contributed by atoms with E-state index in [0.717, 1.165) is 10.0 Å². The van der Waals surface area contributed by atoms with E-state index in [4.69, 9.17) is 0 Å². The second-order valence-electron chi connectivity index (χ2n) is 4.72. The van der Waals surface area contributed by atoms with Gasteiger partial charge in [0.2, 0.25) is 0 Å². The highest BCUT2D eigenvalue weighted by Gasteiger charge is 2.35. The van der Waals surface area contributed by atoms with E-state index in [1.807, 2.05) is 13.2 Å². The van der Waals surface area contributed by atoms with Gasteiger partial charge in [-0.2, -0.15) is 5.10 Å². The number of Topliss-reactive ketones (excluding diaryl/α,β-unsaturated/α-hetero) is 1. The van der Waals surface area contributed by atoms with Crippen molar-refractivity contribution < 1.29 is 9.59 Å². The molecule has 6 heteroatoms. The zero-order chi connectivity index (χ0) is 14.3. The summed E-state index contributed by atoms with van der Waals surface area (Å²) >= 11 is 3.37. The standard InChI is InChI=1S/C14H12BrN3O2/c1-17-8-9(7-16-17)4-5-18-12-6-10(15)2-3-11(12)13(19)14(18)20/h2-3,6-8H,4-5H2,1H3. The third-order valence-corrected chi connectivity index (χ3v) is 3.81. The van der Waals surface area contributed by atoms with Gasteiger partial charge < -0.3 is 4.90 Å². The molecule has 2 heterocycles. The molecule has 1 aliphatic rings. The summed E-state index contributed by atoms with van der Waals surface area (Å²) in [7, 11) is 1.85. The van der Waals surface area contributed by atoms with Crippen LogP contribution in [0.5, 0.6) is 0 Å². The summed E-state index contributed by atoms with van der Waals surface area (Å²) in [5.41, 5.74) is 2.19. The third kappa shape index (κ3) is 2.16. The van der Waals surface area contributed by atoms with Gasteiger partial charge in [0.25, 0.3) is 11.7 Å². The molecule has 1 aliphatic heterocycles. The number of carbonyl (C=O) groups is 2. The molecule has 0 fully saturated rings. The van der Waals surface area contributed by atoms with Crippen LogP contribution in [0.2, 0.25) is 0 Å². The molecule has 0 bridgehead atoms. The highest BCUT2D eigenvalue weighted by molar-refractivity contribution is 9.10. The Morgan fingerprint density at radius 1 is 1.30 bits per heavy atom. The van der Waals surface area contributed by atoms with Gasteiger partial charge in [-0.3, -0.25) is 14.3 Å². The van der Waals surface area contributed by atoms with Gasteiger partial charge in [0.05, 0.1) is 17.4 Å². The molecular weight excluding hydrogens is 322 g/mol. The molecule has 102 valence electrons. The van der Waals surface area contributed by atoms with Crippen molar-refractivity contribution in [1.29, 1.82) is 0 Å². The van der Waals surface area contributed by atoms with Crippen molar-refractivity contribution in [2.24, 2.45) is 7.05 Å². The fourth-order valence-corrected chi connectivity index (χ4v) is 2.68. The summed E-state index contributed by atoms with van der Waals surface area (Å²) in [6.45, 7) is 0.472. The first-order chi connectivity index (χ1) is 9.56. The summed E-state index contributed by atoms with van der Waals surface area (Å²) in [6.07, 6.45) is 4.34. The van der Waals surface area contributed by atoms with Crippen molar-refractivity contribution >= 4 is 33.3 Å². The summed E-state index contributed by atoms with van der Waals surface area (Å²) in [4.78, 5) is 25.5. The minimum absolute atomic E-state index is 0.432. The molecular formula is C14H12BrN3O2. The van der Waals surface area contributed by atoms with Crippen LogP contribution in [0.1, 0.15) is 15.9 Å². The van der Waals surface area contributed by atoms with Crippen LogP contribution in [0.3, 0.4) is 0 Å². The Bertz CT molecular complexity index is 708. The topological polar surface area (TPSA) is 55.2 Å². The molecule has 1 amide bonds. The number of benzene rings is 1. The molecule has 0 aliphatic carbocycles. The van der Waals surface area contributed by atoms with Crippen LogP contribution in [-0.4, -0.2) is 28.0 Å². The van der Waals surface area contributed by atoms with Crippen LogP contribution in [0.25, 0.3) is 0 Å². The smallest absolute Gasteiger partial charge is 0.299 e. The molecule has 1 aromatic carbocycles. The number of anilines is 1. The number of fused-ring (bicyclic) bond motifs is 1. The van der Waals surface area contributed by atoms with Gasteiger partial charge in [0.15, 0.2) is 0 Å². The lowest BCUT2D eigenvalue weighted by Crippen LogP contribution is -2.31. The highest BCUT2D eigenvalue weighted by Crippen LogP contribution is 2.31. The molecule has 0 radical (unpaired) electrons. The van der Waals surface area contributed by atoms with Crippen LogP contribution >= 0.6 is 15.9 Å². The third-order valence-electron chi connectivity index (χ3n) is 3.32. The van der Waals surface area contributed by atoms with Gasteiger partial charge in [-0.1, -0.05) is 15.9 Å². The predicted molar refractivity (Wildman–Crippen MR) is 77.7 cm³/mol. The number of aromatic nitrogens is 2. The van der Waals surface area contributed by atoms with Gasteiger partial charge in [0.1, 0.15) is 0 Å². The number of hydrogen-bond donors (Lipinski definition) is 0. The molecule has 2 aromatic rings. The Balaban J connectivity index is 1.85. The Morgan fingerprint density at radius 3 is 2.80 bits per heavy atom. The van der Waals surface area contributed by atoms with Crippen LogP contribution in [0.4, 0.5) is 5.69 Å². The minimum atomic E-state index is -0.456.